The Hall–Kier alpha value is -4.07. The third-order valence-corrected chi connectivity index (χ3v) is 5.93. The number of hydrogen-bond acceptors (Lipinski definition) is 4. The van der Waals surface area contributed by atoms with E-state index in [2.05, 4.69) is 9.67 Å². The van der Waals surface area contributed by atoms with Crippen LogP contribution in [0.3, 0.4) is 0 Å². The van der Waals surface area contributed by atoms with Crippen LogP contribution in [0.5, 0.6) is 5.75 Å². The van der Waals surface area contributed by atoms with Crippen molar-refractivity contribution in [3.8, 4) is 11.4 Å². The van der Waals surface area contributed by atoms with Gasteiger partial charge < -0.3 is 19.3 Å². The Bertz CT molecular complexity index is 1370. The second-order valence-electron chi connectivity index (χ2n) is 7.86. The van der Waals surface area contributed by atoms with Crippen molar-refractivity contribution >= 4 is 17.0 Å². The summed E-state index contributed by atoms with van der Waals surface area (Å²) in [6.07, 6.45) is 1.29. The summed E-state index contributed by atoms with van der Waals surface area (Å²) in [7, 11) is 1.97. The molecular formula is C24H22N4O4. The van der Waals surface area contributed by atoms with Crippen LogP contribution in [0.15, 0.2) is 65.6 Å². The van der Waals surface area contributed by atoms with E-state index in [1.807, 2.05) is 55.6 Å². The van der Waals surface area contributed by atoms with Gasteiger partial charge in [0.15, 0.2) is 0 Å². The second kappa shape index (κ2) is 7.88. The van der Waals surface area contributed by atoms with Crippen LogP contribution in [0.1, 0.15) is 16.8 Å². The van der Waals surface area contributed by atoms with Crippen LogP contribution in [0.2, 0.25) is 0 Å². The van der Waals surface area contributed by atoms with Gasteiger partial charge in [-0.25, -0.2) is 4.79 Å². The number of aromatic nitrogens is 3. The van der Waals surface area contributed by atoms with Crippen LogP contribution >= 0.6 is 0 Å². The fraction of sp³-hybridized carbons (Fsp3) is 0.208. The Kier molecular flexibility index (Phi) is 4.89. The summed E-state index contributed by atoms with van der Waals surface area (Å²) in [5.74, 6) is 0.416. The molecule has 0 atom stereocenters. The van der Waals surface area contributed by atoms with Crippen LogP contribution in [-0.4, -0.2) is 37.0 Å². The second-order valence-corrected chi connectivity index (χ2v) is 7.86. The van der Waals surface area contributed by atoms with Crippen molar-refractivity contribution in [1.82, 2.24) is 19.2 Å². The van der Waals surface area contributed by atoms with E-state index in [1.165, 1.54) is 21.8 Å². The zero-order valence-electron chi connectivity index (χ0n) is 17.6. The normalized spacial score (nSPS) is 13.2. The fourth-order valence-electron chi connectivity index (χ4n) is 4.26. The van der Waals surface area contributed by atoms with Crippen LogP contribution in [0.25, 0.3) is 16.6 Å². The molecule has 0 saturated heterocycles. The maximum atomic E-state index is 12.7. The topological polar surface area (TPSA) is 89.6 Å². The van der Waals surface area contributed by atoms with Gasteiger partial charge in [0.05, 0.1) is 23.9 Å². The molecule has 0 bridgehead atoms. The monoisotopic (exact) mass is 430 g/mol. The van der Waals surface area contributed by atoms with E-state index >= 15 is 0 Å². The number of amides is 1. The van der Waals surface area contributed by atoms with Crippen LogP contribution in [-0.2, 0) is 26.6 Å². The summed E-state index contributed by atoms with van der Waals surface area (Å²) in [4.78, 5) is 25.6. The van der Waals surface area contributed by atoms with E-state index in [0.717, 1.165) is 27.7 Å². The zero-order valence-corrected chi connectivity index (χ0v) is 17.6. The number of carboxylic acid groups (broad SMARTS) is 1. The number of aryl methyl sites for hydroxylation is 1. The molecule has 0 saturated carbocycles. The molecule has 1 N–H and O–H groups in total. The zero-order chi connectivity index (χ0) is 22.2. The number of nitrogens with zero attached hydrogens (tertiary/aromatic N) is 4. The van der Waals surface area contributed by atoms with E-state index in [1.54, 1.807) is 0 Å². The largest absolute Gasteiger partial charge is 0.487 e. The molecule has 3 heterocycles. The number of ether oxygens (including phenoxy) is 1. The van der Waals surface area contributed by atoms with Crippen LogP contribution in [0.4, 0.5) is 4.79 Å². The molecule has 5 rings (SSSR count). The van der Waals surface area contributed by atoms with Gasteiger partial charge in [0.1, 0.15) is 12.4 Å². The quantitative estimate of drug-likeness (QED) is 0.536. The number of benzene rings is 2. The Morgan fingerprint density at radius 3 is 2.72 bits per heavy atom. The molecule has 1 amide bonds. The highest BCUT2D eigenvalue weighted by atomic mass is 16.5. The van der Waals surface area contributed by atoms with Gasteiger partial charge in [-0.1, -0.05) is 36.4 Å². The molecule has 2 aromatic heterocycles. The molecule has 2 aromatic carbocycles. The Morgan fingerprint density at radius 2 is 1.97 bits per heavy atom. The lowest BCUT2D eigenvalue weighted by Crippen LogP contribution is -2.34. The lowest BCUT2D eigenvalue weighted by Gasteiger charge is -2.25. The van der Waals surface area contributed by atoms with Crippen LogP contribution in [0, 0.1) is 0 Å². The molecule has 8 nitrogen and oxygen atoms in total. The highest BCUT2D eigenvalue weighted by Gasteiger charge is 2.25. The maximum Gasteiger partial charge on any atom is 0.407 e. The first kappa shape index (κ1) is 19.9. The molecular weight excluding hydrogens is 408 g/mol. The van der Waals surface area contributed by atoms with Gasteiger partial charge in [-0.15, -0.1) is 0 Å². The molecule has 0 unspecified atom stereocenters. The molecule has 0 aliphatic carbocycles. The van der Waals surface area contributed by atoms with Crippen molar-refractivity contribution in [2.24, 2.45) is 7.05 Å². The minimum atomic E-state index is -0.908. The van der Waals surface area contributed by atoms with Crippen molar-refractivity contribution < 1.29 is 14.6 Å². The molecule has 0 radical (unpaired) electrons. The van der Waals surface area contributed by atoms with Gasteiger partial charge in [-0.3, -0.25) is 4.79 Å². The number of rotatable bonds is 4. The summed E-state index contributed by atoms with van der Waals surface area (Å²) < 4.78 is 9.12. The van der Waals surface area contributed by atoms with Gasteiger partial charge in [0.2, 0.25) is 0 Å². The Labute approximate surface area is 183 Å². The lowest BCUT2D eigenvalue weighted by molar-refractivity contribution is 0.139. The molecule has 0 fully saturated rings. The third-order valence-electron chi connectivity index (χ3n) is 5.93. The molecule has 1 aliphatic heterocycles. The van der Waals surface area contributed by atoms with Gasteiger partial charge in [0.25, 0.3) is 5.56 Å². The molecule has 8 heteroatoms. The van der Waals surface area contributed by atoms with Crippen molar-refractivity contribution in [2.45, 2.75) is 19.6 Å². The fourth-order valence-corrected chi connectivity index (χ4v) is 4.26. The van der Waals surface area contributed by atoms with Crippen molar-refractivity contribution in [2.75, 3.05) is 6.54 Å². The summed E-state index contributed by atoms with van der Waals surface area (Å²) >= 11 is 0. The van der Waals surface area contributed by atoms with E-state index in [0.29, 0.717) is 37.6 Å². The average molecular weight is 430 g/mol. The van der Waals surface area contributed by atoms with Crippen molar-refractivity contribution in [3.63, 3.8) is 0 Å². The standard InChI is InChI=1S/C24H22N4O4/c1-26-21-9-10-27(24(30)31)14-20(21)19-8-7-17(11-22(19)26)28-23(29)12-18(13-25-28)32-15-16-5-3-2-4-6-16/h2-8,11-13H,9-10,14-15H2,1H3,(H,30,31). The summed E-state index contributed by atoms with van der Waals surface area (Å²) in [6.45, 7) is 1.21. The molecule has 0 spiro atoms. The molecule has 4 aromatic rings. The van der Waals surface area contributed by atoms with E-state index in [-0.39, 0.29) is 5.56 Å². The van der Waals surface area contributed by atoms with E-state index in [4.69, 9.17) is 4.74 Å². The molecule has 32 heavy (non-hydrogen) atoms. The smallest absolute Gasteiger partial charge is 0.407 e. The number of carbonyl (C=O) groups is 1. The first-order valence-electron chi connectivity index (χ1n) is 10.4. The summed E-state index contributed by atoms with van der Waals surface area (Å²) in [5, 5.41) is 14.6. The Morgan fingerprint density at radius 1 is 1.16 bits per heavy atom. The highest BCUT2D eigenvalue weighted by molar-refractivity contribution is 5.88. The van der Waals surface area contributed by atoms with Crippen molar-refractivity contribution in [3.05, 3.63) is 88.0 Å². The SMILES string of the molecule is Cn1c2c(c3ccc(-n4ncc(OCc5ccccc5)cc4=O)cc31)CN(C(=O)O)CC2. The van der Waals surface area contributed by atoms with Gasteiger partial charge in [-0.05, 0) is 17.7 Å². The lowest BCUT2D eigenvalue weighted by atomic mass is 10.0. The van der Waals surface area contributed by atoms with E-state index in [9.17, 15) is 14.7 Å². The minimum absolute atomic E-state index is 0.286. The summed E-state index contributed by atoms with van der Waals surface area (Å²) in [5.41, 5.74) is 4.46. The first-order chi connectivity index (χ1) is 15.5. The predicted molar refractivity (Wildman–Crippen MR) is 119 cm³/mol. The van der Waals surface area contributed by atoms with Gasteiger partial charge in [0, 0.05) is 42.7 Å². The first-order valence-corrected chi connectivity index (χ1v) is 10.4. The molecule has 162 valence electrons. The van der Waals surface area contributed by atoms with Crippen molar-refractivity contribution in [1.29, 1.82) is 0 Å². The Balaban J connectivity index is 1.44. The van der Waals surface area contributed by atoms with E-state index < -0.39 is 6.09 Å². The highest BCUT2D eigenvalue weighted by Crippen LogP contribution is 2.31. The number of fused-ring (bicyclic) bond motifs is 3. The van der Waals surface area contributed by atoms with Gasteiger partial charge in [-0.2, -0.15) is 9.78 Å². The van der Waals surface area contributed by atoms with Gasteiger partial charge >= 0.3 is 6.09 Å². The summed E-state index contributed by atoms with van der Waals surface area (Å²) in [6, 6.07) is 16.8. The third kappa shape index (κ3) is 3.49. The number of hydrogen-bond donors (Lipinski definition) is 1. The van der Waals surface area contributed by atoms with Crippen LogP contribution < -0.4 is 10.3 Å². The minimum Gasteiger partial charge on any atom is -0.487 e. The maximum absolute atomic E-state index is 12.7. The predicted octanol–water partition coefficient (Wildman–Crippen LogP) is 3.34. The molecule has 1 aliphatic rings. The average Bonchev–Trinajstić information content (AvgIpc) is 3.09.